The van der Waals surface area contributed by atoms with Crippen molar-refractivity contribution < 1.29 is 4.74 Å². The van der Waals surface area contributed by atoms with E-state index >= 15 is 0 Å². The molecule has 1 unspecified atom stereocenters. The molecule has 0 radical (unpaired) electrons. The first-order valence-electron chi connectivity index (χ1n) is 12.7. The Morgan fingerprint density at radius 2 is 1.34 bits per heavy atom. The second-order valence-corrected chi connectivity index (χ2v) is 10.2. The molecule has 0 fully saturated rings. The fraction of sp³-hybridized carbons (Fsp3) is 0.467. The lowest BCUT2D eigenvalue weighted by atomic mass is 9.91. The molecule has 0 aliphatic heterocycles. The summed E-state index contributed by atoms with van der Waals surface area (Å²) >= 11 is 3.72. The molecule has 0 aromatic heterocycles. The minimum atomic E-state index is 0.215. The molecule has 0 spiro atoms. The molecule has 0 saturated heterocycles. The Kier molecular flexibility index (Phi) is 8.82. The largest absolute Gasteiger partial charge is 0.367 e. The van der Waals surface area contributed by atoms with E-state index in [0.717, 1.165) is 25.9 Å². The number of alkyl halides is 1. The molecular formula is C30H37BrO. The fourth-order valence-corrected chi connectivity index (χ4v) is 5.50. The Labute approximate surface area is 202 Å². The summed E-state index contributed by atoms with van der Waals surface area (Å²) in [7, 11) is 0. The first-order valence-corrected chi connectivity index (χ1v) is 13.6. The lowest BCUT2D eigenvalue weighted by Crippen LogP contribution is -2.06. The minimum Gasteiger partial charge on any atom is -0.367 e. The first kappa shape index (κ1) is 23.5. The van der Waals surface area contributed by atoms with Crippen molar-refractivity contribution in [2.24, 2.45) is 0 Å². The van der Waals surface area contributed by atoms with Gasteiger partial charge in [-0.1, -0.05) is 116 Å². The zero-order valence-corrected chi connectivity index (χ0v) is 21.1. The van der Waals surface area contributed by atoms with Crippen molar-refractivity contribution in [3.63, 3.8) is 0 Å². The van der Waals surface area contributed by atoms with E-state index in [-0.39, 0.29) is 5.01 Å². The van der Waals surface area contributed by atoms with Gasteiger partial charge < -0.3 is 4.74 Å². The smallest absolute Gasteiger partial charge is 0.112 e. The van der Waals surface area contributed by atoms with Gasteiger partial charge in [-0.05, 0) is 70.0 Å². The van der Waals surface area contributed by atoms with Gasteiger partial charge in [-0.15, -0.1) is 0 Å². The number of rotatable bonds is 14. The minimum absolute atomic E-state index is 0.215. The maximum Gasteiger partial charge on any atom is 0.112 e. The second kappa shape index (κ2) is 12.0. The number of halogens is 1. The fourth-order valence-electron chi connectivity index (χ4n) is 4.99. The van der Waals surface area contributed by atoms with Crippen LogP contribution in [0.4, 0.5) is 0 Å². The molecule has 0 saturated carbocycles. The van der Waals surface area contributed by atoms with Crippen LogP contribution in [0, 0.1) is 0 Å². The number of benzene rings is 4. The van der Waals surface area contributed by atoms with Crippen LogP contribution in [0.5, 0.6) is 0 Å². The van der Waals surface area contributed by atoms with Crippen LogP contribution in [0.3, 0.4) is 0 Å². The van der Waals surface area contributed by atoms with Crippen molar-refractivity contribution in [1.82, 2.24) is 0 Å². The summed E-state index contributed by atoms with van der Waals surface area (Å²) in [6.45, 7) is 3.12. The summed E-state index contributed by atoms with van der Waals surface area (Å²) in [5, 5.41) is 8.53. The van der Waals surface area contributed by atoms with Crippen molar-refractivity contribution >= 4 is 48.2 Å². The molecule has 32 heavy (non-hydrogen) atoms. The molecule has 0 aliphatic carbocycles. The third kappa shape index (κ3) is 5.83. The van der Waals surface area contributed by atoms with Gasteiger partial charge >= 0.3 is 0 Å². The van der Waals surface area contributed by atoms with E-state index in [9.17, 15) is 0 Å². The number of hydrogen-bond donors (Lipinski definition) is 0. The number of ether oxygens (including phenoxy) is 1. The molecular weight excluding hydrogens is 456 g/mol. The summed E-state index contributed by atoms with van der Waals surface area (Å²) in [6, 6.07) is 20.4. The molecule has 1 atom stereocenters. The van der Waals surface area contributed by atoms with Crippen molar-refractivity contribution in [2.45, 2.75) is 82.6 Å². The Bertz CT molecular complexity index is 1090. The van der Waals surface area contributed by atoms with E-state index in [0.29, 0.717) is 0 Å². The highest BCUT2D eigenvalue weighted by atomic mass is 79.9. The van der Waals surface area contributed by atoms with Gasteiger partial charge in [-0.3, -0.25) is 0 Å². The SMILES string of the molecule is CCCCCCCCCC(Br)OCCCCc1ccc2ccc3cccc4ccc1c2c34. The van der Waals surface area contributed by atoms with Crippen molar-refractivity contribution in [3.05, 3.63) is 60.2 Å². The number of aryl methyl sites for hydroxylation is 1. The standard InChI is InChI=1S/C30H37BrO/c1-2-3-4-5-6-7-8-15-28(31)32-22-10-9-12-23-16-17-26-19-18-24-13-11-14-25-20-21-27(23)30(26)29(24)25/h11,13-14,16-21,28H,2-10,12,15,22H2,1H3. The normalized spacial score (nSPS) is 12.9. The second-order valence-electron chi connectivity index (χ2n) is 9.23. The lowest BCUT2D eigenvalue weighted by Gasteiger charge is -2.14. The van der Waals surface area contributed by atoms with Crippen LogP contribution in [-0.4, -0.2) is 11.6 Å². The Morgan fingerprint density at radius 3 is 2.12 bits per heavy atom. The van der Waals surface area contributed by atoms with Crippen LogP contribution in [-0.2, 0) is 11.2 Å². The van der Waals surface area contributed by atoms with Crippen molar-refractivity contribution in [2.75, 3.05) is 6.61 Å². The van der Waals surface area contributed by atoms with Gasteiger partial charge in [0, 0.05) is 6.61 Å². The van der Waals surface area contributed by atoms with Crippen LogP contribution in [0.25, 0.3) is 32.3 Å². The zero-order valence-electron chi connectivity index (χ0n) is 19.5. The van der Waals surface area contributed by atoms with E-state index in [1.54, 1.807) is 0 Å². The van der Waals surface area contributed by atoms with Gasteiger partial charge in [0.05, 0.1) is 0 Å². The summed E-state index contributed by atoms with van der Waals surface area (Å²) in [5.74, 6) is 0. The van der Waals surface area contributed by atoms with Gasteiger partial charge in [-0.25, -0.2) is 0 Å². The van der Waals surface area contributed by atoms with Gasteiger partial charge in [0.15, 0.2) is 0 Å². The van der Waals surface area contributed by atoms with E-state index in [1.807, 2.05) is 0 Å². The molecule has 0 amide bonds. The highest BCUT2D eigenvalue weighted by molar-refractivity contribution is 9.09. The molecule has 0 bridgehead atoms. The third-order valence-electron chi connectivity index (χ3n) is 6.79. The van der Waals surface area contributed by atoms with Gasteiger partial charge in [0.1, 0.15) is 5.01 Å². The van der Waals surface area contributed by atoms with Crippen LogP contribution >= 0.6 is 15.9 Å². The molecule has 1 nitrogen and oxygen atoms in total. The average molecular weight is 494 g/mol. The highest BCUT2D eigenvalue weighted by Crippen LogP contribution is 2.36. The summed E-state index contributed by atoms with van der Waals surface area (Å²) in [4.78, 5) is 0. The zero-order chi connectivity index (χ0) is 22.2. The molecule has 2 heteroatoms. The van der Waals surface area contributed by atoms with E-state index in [4.69, 9.17) is 4.74 Å². The summed E-state index contributed by atoms with van der Waals surface area (Å²) < 4.78 is 6.02. The van der Waals surface area contributed by atoms with E-state index < -0.39 is 0 Å². The lowest BCUT2D eigenvalue weighted by molar-refractivity contribution is 0.106. The third-order valence-corrected chi connectivity index (χ3v) is 7.51. The predicted octanol–water partition coefficient (Wildman–Crippen LogP) is 9.78. The van der Waals surface area contributed by atoms with Gasteiger partial charge in [0.25, 0.3) is 0 Å². The maximum atomic E-state index is 6.02. The predicted molar refractivity (Wildman–Crippen MR) is 144 cm³/mol. The summed E-state index contributed by atoms with van der Waals surface area (Å²) in [6.07, 6.45) is 14.0. The molecule has 0 heterocycles. The Hall–Kier alpha value is -1.64. The topological polar surface area (TPSA) is 9.23 Å². The quantitative estimate of drug-likeness (QED) is 0.0965. The van der Waals surface area contributed by atoms with Crippen LogP contribution in [0.2, 0.25) is 0 Å². The molecule has 170 valence electrons. The maximum absolute atomic E-state index is 6.02. The number of unbranched alkanes of at least 4 members (excludes halogenated alkanes) is 7. The molecule has 4 aromatic rings. The Balaban J connectivity index is 1.23. The average Bonchev–Trinajstić information content (AvgIpc) is 2.82. The van der Waals surface area contributed by atoms with Crippen molar-refractivity contribution in [1.29, 1.82) is 0 Å². The van der Waals surface area contributed by atoms with Crippen LogP contribution in [0.15, 0.2) is 54.6 Å². The molecule has 4 rings (SSSR count). The van der Waals surface area contributed by atoms with Gasteiger partial charge in [-0.2, -0.15) is 0 Å². The van der Waals surface area contributed by atoms with Crippen molar-refractivity contribution in [3.8, 4) is 0 Å². The van der Waals surface area contributed by atoms with Gasteiger partial charge in [0.2, 0.25) is 0 Å². The monoisotopic (exact) mass is 492 g/mol. The number of hydrogen-bond acceptors (Lipinski definition) is 1. The first-order chi connectivity index (χ1) is 15.8. The molecule has 4 aromatic carbocycles. The van der Waals surface area contributed by atoms with Crippen LogP contribution in [0.1, 0.15) is 76.7 Å². The van der Waals surface area contributed by atoms with E-state index in [1.165, 1.54) is 89.2 Å². The highest BCUT2D eigenvalue weighted by Gasteiger charge is 2.10. The Morgan fingerprint density at radius 1 is 0.688 bits per heavy atom. The van der Waals surface area contributed by atoms with Crippen LogP contribution < -0.4 is 0 Å². The molecule has 0 aliphatic rings. The van der Waals surface area contributed by atoms with E-state index in [2.05, 4.69) is 77.5 Å². The summed E-state index contributed by atoms with van der Waals surface area (Å²) in [5.41, 5.74) is 1.47. The molecule has 0 N–H and O–H groups in total.